The van der Waals surface area contributed by atoms with Gasteiger partial charge in [-0.3, -0.25) is 0 Å². The van der Waals surface area contributed by atoms with E-state index in [2.05, 4.69) is 10.3 Å². The van der Waals surface area contributed by atoms with Gasteiger partial charge in [-0.15, -0.1) is 11.3 Å². The fraction of sp³-hybridized carbons (Fsp3) is 0.545. The Morgan fingerprint density at radius 3 is 2.71 bits per heavy atom. The van der Waals surface area contributed by atoms with Gasteiger partial charge in [0.2, 0.25) is 0 Å². The predicted molar refractivity (Wildman–Crippen MR) is 70.8 cm³/mol. The molecule has 1 heterocycles. The molecule has 3 N–H and O–H groups in total. The minimum atomic E-state index is -2.68. The third-order valence-corrected chi connectivity index (χ3v) is 3.31. The number of halogens is 2. The zero-order valence-corrected chi connectivity index (χ0v) is 11.8. The van der Waals surface area contributed by atoms with E-state index in [-0.39, 0.29) is 18.8 Å². The molecule has 0 unspecified atom stereocenters. The van der Waals surface area contributed by atoms with Crippen LogP contribution in [0.15, 0.2) is 5.38 Å². The number of nitrogens with zero attached hydrogens (tertiary/aromatic N) is 2. The maximum atomic E-state index is 12.3. The van der Waals surface area contributed by atoms with Crippen LogP contribution in [0.25, 0.3) is 0 Å². The molecule has 0 aliphatic heterocycles. The normalized spacial score (nSPS) is 10.7. The highest BCUT2D eigenvalue weighted by molar-refractivity contribution is 7.09. The number of carboxylic acids is 1. The van der Waals surface area contributed by atoms with E-state index in [0.717, 1.165) is 16.2 Å². The van der Waals surface area contributed by atoms with E-state index < -0.39 is 31.6 Å². The lowest BCUT2D eigenvalue weighted by Crippen LogP contribution is -2.44. The van der Waals surface area contributed by atoms with Gasteiger partial charge in [-0.1, -0.05) is 0 Å². The highest BCUT2D eigenvalue weighted by Crippen LogP contribution is 2.10. The number of aromatic carboxylic acids is 1. The minimum absolute atomic E-state index is 0.0686. The first-order chi connectivity index (χ1) is 9.93. The number of carboxylic acid groups (broad SMARTS) is 1. The van der Waals surface area contributed by atoms with Gasteiger partial charge in [0, 0.05) is 24.9 Å². The fourth-order valence-corrected chi connectivity index (χ4v) is 2.25. The summed E-state index contributed by atoms with van der Waals surface area (Å²) in [5.41, 5.74) is -0.0686. The summed E-state index contributed by atoms with van der Waals surface area (Å²) in [6.07, 6.45) is -2.38. The van der Waals surface area contributed by atoms with Gasteiger partial charge in [-0.25, -0.2) is 23.4 Å². The van der Waals surface area contributed by atoms with Crippen LogP contribution in [0.1, 0.15) is 15.5 Å². The number of aliphatic hydroxyl groups is 1. The van der Waals surface area contributed by atoms with E-state index in [9.17, 15) is 18.4 Å². The molecule has 2 amide bonds. The first-order valence-electron chi connectivity index (χ1n) is 6.03. The number of carbonyl (C=O) groups excluding carboxylic acids is 1. The number of amides is 2. The standard InChI is InChI=1S/C11H15F2N3O4S/c12-8(13)5-16(3-4-17)11(20)14-2-1-9-15-7(6-21-9)10(18)19/h6,8,17H,1-5H2,(H,14,20)(H,18,19). The van der Waals surface area contributed by atoms with Crippen molar-refractivity contribution in [2.45, 2.75) is 12.8 Å². The average molecular weight is 323 g/mol. The smallest absolute Gasteiger partial charge is 0.355 e. The number of urea groups is 1. The molecule has 0 bridgehead atoms. The van der Waals surface area contributed by atoms with Crippen LogP contribution in [0.2, 0.25) is 0 Å². The Bertz CT molecular complexity index is 484. The molecule has 0 spiro atoms. The Morgan fingerprint density at radius 1 is 1.48 bits per heavy atom. The molecule has 0 aliphatic rings. The van der Waals surface area contributed by atoms with E-state index in [0.29, 0.717) is 11.4 Å². The van der Waals surface area contributed by atoms with Crippen molar-refractivity contribution in [1.82, 2.24) is 15.2 Å². The van der Waals surface area contributed by atoms with E-state index in [1.54, 1.807) is 0 Å². The monoisotopic (exact) mass is 323 g/mol. The second kappa shape index (κ2) is 8.47. The van der Waals surface area contributed by atoms with Crippen molar-refractivity contribution in [3.05, 3.63) is 16.1 Å². The lowest BCUT2D eigenvalue weighted by atomic mass is 10.4. The van der Waals surface area contributed by atoms with Gasteiger partial charge in [0.05, 0.1) is 18.2 Å². The van der Waals surface area contributed by atoms with E-state index in [1.165, 1.54) is 5.38 Å². The summed E-state index contributed by atoms with van der Waals surface area (Å²) < 4.78 is 24.5. The van der Waals surface area contributed by atoms with Crippen LogP contribution in [-0.2, 0) is 6.42 Å². The second-order valence-corrected chi connectivity index (χ2v) is 4.92. The van der Waals surface area contributed by atoms with Crippen molar-refractivity contribution in [1.29, 1.82) is 0 Å². The Morgan fingerprint density at radius 2 is 2.19 bits per heavy atom. The molecule has 1 aromatic rings. The van der Waals surface area contributed by atoms with Gasteiger partial charge >= 0.3 is 12.0 Å². The number of hydrogen-bond acceptors (Lipinski definition) is 5. The van der Waals surface area contributed by atoms with Gasteiger partial charge in [-0.2, -0.15) is 0 Å². The largest absolute Gasteiger partial charge is 0.476 e. The van der Waals surface area contributed by atoms with Gasteiger partial charge < -0.3 is 20.4 Å². The Kier molecular flexibility index (Phi) is 6.96. The molecule has 21 heavy (non-hydrogen) atoms. The van der Waals surface area contributed by atoms with Gasteiger partial charge in [0.15, 0.2) is 5.69 Å². The zero-order chi connectivity index (χ0) is 15.8. The quantitative estimate of drug-likeness (QED) is 0.652. The number of aromatic nitrogens is 1. The Labute approximate surface area is 123 Å². The average Bonchev–Trinajstić information content (AvgIpc) is 2.86. The van der Waals surface area contributed by atoms with Crippen LogP contribution in [-0.4, -0.2) is 64.8 Å². The second-order valence-electron chi connectivity index (χ2n) is 3.97. The summed E-state index contributed by atoms with van der Waals surface area (Å²) in [5.74, 6) is -1.13. The number of thiazole rings is 1. The molecule has 118 valence electrons. The SMILES string of the molecule is O=C(O)c1csc(CCNC(=O)N(CCO)CC(F)F)n1. The first-order valence-corrected chi connectivity index (χ1v) is 6.91. The maximum absolute atomic E-state index is 12.3. The highest BCUT2D eigenvalue weighted by atomic mass is 32.1. The third-order valence-electron chi connectivity index (χ3n) is 2.40. The summed E-state index contributed by atoms with van der Waals surface area (Å²) in [7, 11) is 0. The summed E-state index contributed by atoms with van der Waals surface area (Å²) in [5, 5.41) is 21.8. The molecule has 0 radical (unpaired) electrons. The van der Waals surface area contributed by atoms with Crippen LogP contribution < -0.4 is 5.32 Å². The van der Waals surface area contributed by atoms with Crippen LogP contribution in [0.3, 0.4) is 0 Å². The van der Waals surface area contributed by atoms with Crippen molar-refractivity contribution in [2.24, 2.45) is 0 Å². The van der Waals surface area contributed by atoms with Crippen molar-refractivity contribution in [3.63, 3.8) is 0 Å². The van der Waals surface area contributed by atoms with Crippen LogP contribution in [0, 0.1) is 0 Å². The Hall–Kier alpha value is -1.81. The number of hydrogen-bond donors (Lipinski definition) is 3. The van der Waals surface area contributed by atoms with Gasteiger partial charge in [0.1, 0.15) is 0 Å². The summed E-state index contributed by atoms with van der Waals surface area (Å²) in [6.45, 7) is -1.21. The summed E-state index contributed by atoms with van der Waals surface area (Å²) in [6, 6.07) is -0.709. The number of aliphatic hydroxyl groups excluding tert-OH is 1. The molecule has 0 saturated heterocycles. The molecule has 0 saturated carbocycles. The van der Waals surface area contributed by atoms with Crippen molar-refractivity contribution < 1.29 is 28.6 Å². The molecule has 0 aliphatic carbocycles. The van der Waals surface area contributed by atoms with Crippen LogP contribution in [0.4, 0.5) is 13.6 Å². The van der Waals surface area contributed by atoms with E-state index in [4.69, 9.17) is 10.2 Å². The number of nitrogens with one attached hydrogen (secondary N) is 1. The third kappa shape index (κ3) is 6.00. The van der Waals surface area contributed by atoms with Crippen LogP contribution in [0.5, 0.6) is 0 Å². The van der Waals surface area contributed by atoms with E-state index in [1.807, 2.05) is 0 Å². The molecular weight excluding hydrogens is 308 g/mol. The Balaban J connectivity index is 2.41. The topological polar surface area (TPSA) is 103 Å². The molecule has 1 aromatic heterocycles. The van der Waals surface area contributed by atoms with Crippen molar-refractivity contribution in [3.8, 4) is 0 Å². The van der Waals surface area contributed by atoms with Crippen LogP contribution >= 0.6 is 11.3 Å². The predicted octanol–water partition coefficient (Wildman–Crippen LogP) is 0.653. The lowest BCUT2D eigenvalue weighted by Gasteiger charge is -2.21. The molecule has 0 aromatic carbocycles. The maximum Gasteiger partial charge on any atom is 0.355 e. The minimum Gasteiger partial charge on any atom is -0.476 e. The fourth-order valence-electron chi connectivity index (χ4n) is 1.48. The zero-order valence-electron chi connectivity index (χ0n) is 11.0. The lowest BCUT2D eigenvalue weighted by molar-refractivity contribution is 0.0691. The van der Waals surface area contributed by atoms with Crippen molar-refractivity contribution in [2.75, 3.05) is 26.2 Å². The molecule has 7 nitrogen and oxygen atoms in total. The molecule has 0 atom stereocenters. The number of alkyl halides is 2. The molecule has 10 heteroatoms. The summed E-state index contributed by atoms with van der Waals surface area (Å²) in [4.78, 5) is 26.9. The van der Waals surface area contributed by atoms with Crippen molar-refractivity contribution >= 4 is 23.3 Å². The van der Waals surface area contributed by atoms with Gasteiger partial charge in [-0.05, 0) is 0 Å². The number of carbonyl (C=O) groups is 2. The molecule has 1 rings (SSSR count). The van der Waals surface area contributed by atoms with Gasteiger partial charge in [0.25, 0.3) is 6.43 Å². The highest BCUT2D eigenvalue weighted by Gasteiger charge is 2.17. The van der Waals surface area contributed by atoms with E-state index >= 15 is 0 Å². The summed E-state index contributed by atoms with van der Waals surface area (Å²) >= 11 is 1.14. The molecule has 0 fully saturated rings. The molecular formula is C11H15F2N3O4S. The number of rotatable bonds is 8. The first kappa shape index (κ1) is 17.2.